The molecule has 4 heteroatoms. The number of benzene rings is 3. The number of carboxylic acid groups (broad SMARTS) is 1. The number of hydrogen-bond donors (Lipinski definition) is 1. The van der Waals surface area contributed by atoms with Gasteiger partial charge in [0.05, 0.1) is 6.92 Å². The molecule has 1 aliphatic heterocycles. The van der Waals surface area contributed by atoms with Crippen molar-refractivity contribution < 1.29 is 14.6 Å². The maximum atomic E-state index is 11.0. The molecule has 0 amide bonds. The van der Waals surface area contributed by atoms with Gasteiger partial charge in [-0.15, -0.1) is 0 Å². The van der Waals surface area contributed by atoms with E-state index >= 15 is 0 Å². The Morgan fingerprint density at radius 2 is 1.54 bits per heavy atom. The van der Waals surface area contributed by atoms with Crippen molar-refractivity contribution in [3.05, 3.63) is 95.4 Å². The Labute approximate surface area is 165 Å². The summed E-state index contributed by atoms with van der Waals surface area (Å²) < 4.78 is 6.07. The van der Waals surface area contributed by atoms with Crippen molar-refractivity contribution >= 4 is 17.3 Å². The lowest BCUT2D eigenvalue weighted by atomic mass is 9.96. The highest BCUT2D eigenvalue weighted by molar-refractivity contribution is 5.82. The Balaban J connectivity index is 1.50. The van der Waals surface area contributed by atoms with Crippen molar-refractivity contribution in [2.24, 2.45) is 0 Å². The summed E-state index contributed by atoms with van der Waals surface area (Å²) in [5.74, 6) is 0.329. The van der Waals surface area contributed by atoms with Gasteiger partial charge in [0, 0.05) is 17.8 Å². The van der Waals surface area contributed by atoms with Crippen LogP contribution in [0, 0.1) is 5.92 Å². The molecule has 0 saturated heterocycles. The Morgan fingerprint density at radius 1 is 0.964 bits per heavy atom. The smallest absolute Gasteiger partial charge is 0.473 e. The topological polar surface area (TPSA) is 49.8 Å². The molecule has 1 heterocycles. The average molecular weight is 372 g/mol. The Morgan fingerprint density at radius 3 is 2.11 bits per heavy atom. The molecule has 0 radical (unpaired) electrons. The van der Waals surface area contributed by atoms with Crippen molar-refractivity contribution in [3.8, 4) is 5.75 Å². The fourth-order valence-electron chi connectivity index (χ4n) is 3.55. The highest BCUT2D eigenvalue weighted by Gasteiger charge is 2.25. The summed E-state index contributed by atoms with van der Waals surface area (Å²) in [5, 5.41) is 9.02. The van der Waals surface area contributed by atoms with Crippen LogP contribution in [0.2, 0.25) is 0 Å². The third-order valence-electron chi connectivity index (χ3n) is 5.06. The zero-order valence-corrected chi connectivity index (χ0v) is 15.8. The number of nitrogens with zero attached hydrogens (tertiary/aromatic N) is 1. The van der Waals surface area contributed by atoms with E-state index in [2.05, 4.69) is 53.4 Å². The quantitative estimate of drug-likeness (QED) is 0.620. The van der Waals surface area contributed by atoms with E-state index in [-0.39, 0.29) is 0 Å². The van der Waals surface area contributed by atoms with Crippen LogP contribution in [0.15, 0.2) is 72.8 Å². The number of aliphatic carboxylic acids is 1. The number of carboxylic acids is 1. The van der Waals surface area contributed by atoms with Gasteiger partial charge in [-0.2, -0.15) is 4.79 Å². The van der Waals surface area contributed by atoms with Gasteiger partial charge in [-0.3, -0.25) is 0 Å². The van der Waals surface area contributed by atoms with E-state index in [0.29, 0.717) is 19.1 Å². The van der Waals surface area contributed by atoms with Crippen LogP contribution < -0.4 is 9.64 Å². The number of hydrogen-bond acceptors (Lipinski definition) is 3. The number of fused-ring (bicyclic) bond motifs is 2. The summed E-state index contributed by atoms with van der Waals surface area (Å²) in [6.07, 6.45) is 1.36. The van der Waals surface area contributed by atoms with Crippen LogP contribution >= 0.6 is 0 Å². The molecule has 4 nitrogen and oxygen atoms in total. The Bertz CT molecular complexity index is 936. The Hall–Kier alpha value is -3.40. The van der Waals surface area contributed by atoms with E-state index in [1.165, 1.54) is 22.5 Å². The van der Waals surface area contributed by atoms with Gasteiger partial charge in [0.15, 0.2) is 6.73 Å². The van der Waals surface area contributed by atoms with E-state index in [1.807, 2.05) is 24.3 Å². The van der Waals surface area contributed by atoms with Crippen LogP contribution in [0.5, 0.6) is 5.75 Å². The lowest BCUT2D eigenvalue weighted by Gasteiger charge is -2.33. The first-order valence-corrected chi connectivity index (χ1v) is 9.32. The minimum atomic E-state index is -0.859. The van der Waals surface area contributed by atoms with Crippen LogP contribution in [-0.2, 0) is 17.6 Å². The zero-order chi connectivity index (χ0) is 19.5. The van der Waals surface area contributed by atoms with Gasteiger partial charge in [-0.05, 0) is 41.0 Å². The fraction of sp³-hybridized carbons (Fsp3) is 0.167. The monoisotopic (exact) mass is 372 g/mol. The van der Waals surface area contributed by atoms with E-state index in [1.54, 1.807) is 6.92 Å². The van der Waals surface area contributed by atoms with Crippen LogP contribution in [0.1, 0.15) is 23.6 Å². The fourth-order valence-corrected chi connectivity index (χ4v) is 3.55. The second-order valence-corrected chi connectivity index (χ2v) is 7.04. The molecule has 0 spiro atoms. The molecule has 1 aliphatic rings. The third kappa shape index (κ3) is 3.67. The lowest BCUT2D eigenvalue weighted by molar-refractivity contribution is -0.134. The van der Waals surface area contributed by atoms with Crippen LogP contribution in [-0.4, -0.2) is 17.8 Å². The molecule has 28 heavy (non-hydrogen) atoms. The van der Waals surface area contributed by atoms with Crippen molar-refractivity contribution in [2.75, 3.05) is 11.6 Å². The van der Waals surface area contributed by atoms with Crippen molar-refractivity contribution in [2.45, 2.75) is 19.8 Å². The first kappa shape index (κ1) is 18.0. The molecule has 0 aromatic heterocycles. The van der Waals surface area contributed by atoms with E-state index < -0.39 is 5.97 Å². The summed E-state index contributed by atoms with van der Waals surface area (Å²) in [5.41, 5.74) is 5.88. The molecular formula is C24H22NO3+. The van der Waals surface area contributed by atoms with Crippen LogP contribution in [0.3, 0.4) is 0 Å². The average Bonchev–Trinajstić information content (AvgIpc) is 2.72. The second kappa shape index (κ2) is 7.69. The molecule has 0 aliphatic carbocycles. The largest absolute Gasteiger partial charge is 0.496 e. The number of carbonyl (C=O) groups is 1. The predicted octanol–water partition coefficient (Wildman–Crippen LogP) is 4.99. The first-order chi connectivity index (χ1) is 13.6. The molecule has 0 atom stereocenters. The molecule has 3 aromatic rings. The highest BCUT2D eigenvalue weighted by Crippen LogP contribution is 2.38. The van der Waals surface area contributed by atoms with Crippen molar-refractivity contribution in [1.29, 1.82) is 0 Å². The van der Waals surface area contributed by atoms with Gasteiger partial charge < -0.3 is 14.7 Å². The Kier molecular flexibility index (Phi) is 4.94. The maximum Gasteiger partial charge on any atom is 0.496 e. The summed E-state index contributed by atoms with van der Waals surface area (Å²) in [6.45, 7) is 2.05. The summed E-state index contributed by atoms with van der Waals surface area (Å²) in [4.78, 5) is 13.2. The van der Waals surface area contributed by atoms with Crippen LogP contribution in [0.4, 0.5) is 11.4 Å². The number of para-hydroxylation sites is 2. The molecule has 0 saturated carbocycles. The minimum Gasteiger partial charge on any atom is -0.473 e. The molecule has 140 valence electrons. The van der Waals surface area contributed by atoms with Crippen LogP contribution in [0.25, 0.3) is 0 Å². The van der Waals surface area contributed by atoms with Gasteiger partial charge >= 0.3 is 5.97 Å². The van der Waals surface area contributed by atoms with Gasteiger partial charge in [0.1, 0.15) is 12.2 Å². The molecule has 0 unspecified atom stereocenters. The minimum absolute atomic E-state index is 0.410. The molecule has 3 aromatic carbocycles. The SMILES string of the molecule is C[C+](Cc1ccc(OCN2c3ccccc3Cc3ccccc32)cc1)C(=O)O. The van der Waals surface area contributed by atoms with Crippen molar-refractivity contribution in [1.82, 2.24) is 0 Å². The normalized spacial score (nSPS) is 12.1. The molecule has 1 N–H and O–H groups in total. The first-order valence-electron chi connectivity index (χ1n) is 9.32. The second-order valence-electron chi connectivity index (χ2n) is 7.04. The predicted molar refractivity (Wildman–Crippen MR) is 110 cm³/mol. The number of ether oxygens (including phenoxy) is 1. The lowest BCUT2D eigenvalue weighted by Crippen LogP contribution is -2.27. The van der Waals surface area contributed by atoms with Gasteiger partial charge in [-0.25, -0.2) is 0 Å². The number of anilines is 2. The van der Waals surface area contributed by atoms with E-state index in [0.717, 1.165) is 17.7 Å². The molecule has 0 fully saturated rings. The highest BCUT2D eigenvalue weighted by atomic mass is 16.5. The molecular weight excluding hydrogens is 350 g/mol. The zero-order valence-electron chi connectivity index (χ0n) is 15.8. The van der Waals surface area contributed by atoms with E-state index in [4.69, 9.17) is 9.84 Å². The summed E-state index contributed by atoms with van der Waals surface area (Å²) in [6, 6.07) is 24.4. The standard InChI is InChI=1S/C24H21NO3/c1-17(24(26)27)14-18-10-12-21(13-11-18)28-16-25-22-8-4-2-6-19(22)15-20-7-3-5-9-23(20)25/h2-13H,14-16H2,1H3/p+1. The van der Waals surface area contributed by atoms with E-state index in [9.17, 15) is 4.79 Å². The van der Waals surface area contributed by atoms with Crippen molar-refractivity contribution in [3.63, 3.8) is 0 Å². The van der Waals surface area contributed by atoms with Gasteiger partial charge in [0.25, 0.3) is 0 Å². The van der Waals surface area contributed by atoms with Gasteiger partial charge in [0.2, 0.25) is 5.92 Å². The third-order valence-corrected chi connectivity index (χ3v) is 5.06. The summed E-state index contributed by atoms with van der Waals surface area (Å²) in [7, 11) is 0. The number of rotatable bonds is 6. The maximum absolute atomic E-state index is 11.0. The molecule has 0 bridgehead atoms. The summed E-state index contributed by atoms with van der Waals surface area (Å²) >= 11 is 0. The van der Waals surface area contributed by atoms with Gasteiger partial charge in [-0.1, -0.05) is 48.5 Å². The molecule has 4 rings (SSSR count).